The summed E-state index contributed by atoms with van der Waals surface area (Å²) >= 11 is 6.13. The minimum absolute atomic E-state index is 0.136. The molecule has 0 amide bonds. The van der Waals surface area contributed by atoms with E-state index in [1.54, 1.807) is 10.9 Å². The number of hydrogen-bond acceptors (Lipinski definition) is 3. The highest BCUT2D eigenvalue weighted by molar-refractivity contribution is 6.31. The third-order valence-corrected chi connectivity index (χ3v) is 3.49. The zero-order valence-electron chi connectivity index (χ0n) is 10.5. The van der Waals surface area contributed by atoms with Crippen LogP contribution in [-0.4, -0.2) is 27.6 Å². The first-order valence-electron chi connectivity index (χ1n) is 6.05. The maximum atomic E-state index is 10.6. The summed E-state index contributed by atoms with van der Waals surface area (Å²) in [5.41, 5.74) is -0.150. The fourth-order valence-electron chi connectivity index (χ4n) is 2.41. The zero-order chi connectivity index (χ0) is 12.6. The molecule has 5 heteroatoms. The maximum absolute atomic E-state index is 10.6. The van der Waals surface area contributed by atoms with E-state index in [9.17, 15) is 5.11 Å². The van der Waals surface area contributed by atoms with E-state index in [1.807, 2.05) is 20.8 Å². The molecule has 1 aromatic heterocycles. The molecule has 1 aliphatic rings. The monoisotopic (exact) mass is 258 g/mol. The van der Waals surface area contributed by atoms with Gasteiger partial charge in [0.25, 0.3) is 0 Å². The molecule has 0 saturated heterocycles. The first-order chi connectivity index (χ1) is 7.98. The third kappa shape index (κ3) is 2.21. The first-order valence-corrected chi connectivity index (χ1v) is 6.43. The summed E-state index contributed by atoms with van der Waals surface area (Å²) in [5, 5.41) is 15.3. The van der Waals surface area contributed by atoms with Crippen molar-refractivity contribution in [3.05, 3.63) is 16.9 Å². The van der Waals surface area contributed by atoms with Crippen LogP contribution in [0, 0.1) is 0 Å². The van der Waals surface area contributed by atoms with Crippen LogP contribution in [0.2, 0.25) is 5.02 Å². The van der Waals surface area contributed by atoms with Gasteiger partial charge in [0.15, 0.2) is 0 Å². The molecule has 1 fully saturated rings. The van der Waals surface area contributed by atoms with E-state index in [1.165, 1.54) is 0 Å². The van der Waals surface area contributed by atoms with Crippen molar-refractivity contribution in [3.8, 4) is 0 Å². The van der Waals surface area contributed by atoms with Crippen molar-refractivity contribution in [1.82, 2.24) is 9.78 Å². The highest BCUT2D eigenvalue weighted by atomic mass is 35.5. The number of halogens is 1. The molecule has 1 aromatic rings. The van der Waals surface area contributed by atoms with Gasteiger partial charge in [0.2, 0.25) is 0 Å². The van der Waals surface area contributed by atoms with E-state index in [0.29, 0.717) is 24.5 Å². The second-order valence-electron chi connectivity index (χ2n) is 4.90. The van der Waals surface area contributed by atoms with Crippen LogP contribution in [0.5, 0.6) is 0 Å². The molecule has 0 unspecified atom stereocenters. The van der Waals surface area contributed by atoms with Gasteiger partial charge in [-0.15, -0.1) is 0 Å². The fourth-order valence-corrected chi connectivity index (χ4v) is 2.71. The average molecular weight is 259 g/mol. The summed E-state index contributed by atoms with van der Waals surface area (Å²) in [6, 6.07) is 0.188. The molecule has 2 rings (SSSR count). The summed E-state index contributed by atoms with van der Waals surface area (Å²) in [5.74, 6) is 0. The van der Waals surface area contributed by atoms with Crippen molar-refractivity contribution in [2.75, 3.05) is 6.61 Å². The Kier molecular flexibility index (Phi) is 3.48. The van der Waals surface area contributed by atoms with Crippen molar-refractivity contribution in [3.63, 3.8) is 0 Å². The standard InChI is InChI=1S/C12H19ClN2O2/c1-4-17-9-5-12(16,6-9)11-10(13)7-14-15(11)8(2)3/h7-9,16H,4-6H2,1-3H3. The van der Waals surface area contributed by atoms with E-state index in [2.05, 4.69) is 5.10 Å². The van der Waals surface area contributed by atoms with Gasteiger partial charge in [-0.25, -0.2) is 0 Å². The molecule has 0 atom stereocenters. The summed E-state index contributed by atoms with van der Waals surface area (Å²) in [7, 11) is 0. The van der Waals surface area contributed by atoms with Crippen LogP contribution in [0.3, 0.4) is 0 Å². The lowest BCUT2D eigenvalue weighted by Gasteiger charge is -2.43. The lowest BCUT2D eigenvalue weighted by molar-refractivity contribution is -0.147. The smallest absolute Gasteiger partial charge is 0.113 e. The zero-order valence-corrected chi connectivity index (χ0v) is 11.2. The van der Waals surface area contributed by atoms with Crippen molar-refractivity contribution in [1.29, 1.82) is 0 Å². The average Bonchev–Trinajstić information content (AvgIpc) is 2.58. The Labute approximate surface area is 107 Å². The Morgan fingerprint density at radius 3 is 2.82 bits per heavy atom. The Balaban J connectivity index is 2.21. The predicted molar refractivity (Wildman–Crippen MR) is 66.2 cm³/mol. The molecular formula is C12H19ClN2O2. The Bertz CT molecular complexity index is 397. The van der Waals surface area contributed by atoms with E-state index in [4.69, 9.17) is 16.3 Å². The number of ether oxygens (including phenoxy) is 1. The third-order valence-electron chi connectivity index (χ3n) is 3.21. The first kappa shape index (κ1) is 12.9. The van der Waals surface area contributed by atoms with Gasteiger partial charge < -0.3 is 9.84 Å². The van der Waals surface area contributed by atoms with Crippen LogP contribution in [-0.2, 0) is 10.3 Å². The van der Waals surface area contributed by atoms with Crippen LogP contribution >= 0.6 is 11.6 Å². The highest BCUT2D eigenvalue weighted by Gasteiger charge is 2.48. The van der Waals surface area contributed by atoms with E-state index < -0.39 is 5.60 Å². The molecule has 96 valence electrons. The summed E-state index contributed by atoms with van der Waals surface area (Å²) < 4.78 is 7.27. The summed E-state index contributed by atoms with van der Waals surface area (Å²) in [6.07, 6.45) is 2.93. The lowest BCUT2D eigenvalue weighted by atomic mass is 9.75. The molecule has 1 heterocycles. The molecule has 0 aromatic carbocycles. The number of nitrogens with zero attached hydrogens (tertiary/aromatic N) is 2. The minimum Gasteiger partial charge on any atom is -0.383 e. The number of aliphatic hydroxyl groups is 1. The van der Waals surface area contributed by atoms with Crippen LogP contribution in [0.15, 0.2) is 6.20 Å². The van der Waals surface area contributed by atoms with Crippen molar-refractivity contribution >= 4 is 11.6 Å². The topological polar surface area (TPSA) is 47.3 Å². The normalized spacial score (nSPS) is 28.5. The van der Waals surface area contributed by atoms with Crippen molar-refractivity contribution in [2.24, 2.45) is 0 Å². The van der Waals surface area contributed by atoms with Crippen molar-refractivity contribution in [2.45, 2.75) is 51.4 Å². The summed E-state index contributed by atoms with van der Waals surface area (Å²) in [6.45, 7) is 6.68. The Morgan fingerprint density at radius 1 is 1.65 bits per heavy atom. The maximum Gasteiger partial charge on any atom is 0.113 e. The largest absolute Gasteiger partial charge is 0.383 e. The molecule has 1 aliphatic carbocycles. The molecule has 0 bridgehead atoms. The lowest BCUT2D eigenvalue weighted by Crippen LogP contribution is -2.47. The van der Waals surface area contributed by atoms with Crippen LogP contribution < -0.4 is 0 Å². The second-order valence-corrected chi connectivity index (χ2v) is 5.30. The van der Waals surface area contributed by atoms with E-state index in [0.717, 1.165) is 5.69 Å². The minimum atomic E-state index is -0.877. The number of hydrogen-bond donors (Lipinski definition) is 1. The van der Waals surface area contributed by atoms with E-state index in [-0.39, 0.29) is 12.1 Å². The molecule has 1 N–H and O–H groups in total. The molecule has 1 saturated carbocycles. The van der Waals surface area contributed by atoms with Gasteiger partial charge >= 0.3 is 0 Å². The van der Waals surface area contributed by atoms with Gasteiger partial charge in [-0.1, -0.05) is 11.6 Å². The summed E-state index contributed by atoms with van der Waals surface area (Å²) in [4.78, 5) is 0. The van der Waals surface area contributed by atoms with Gasteiger partial charge in [-0.05, 0) is 20.8 Å². The fraction of sp³-hybridized carbons (Fsp3) is 0.750. The van der Waals surface area contributed by atoms with Gasteiger partial charge in [-0.3, -0.25) is 4.68 Å². The van der Waals surface area contributed by atoms with Gasteiger partial charge in [0.05, 0.1) is 23.0 Å². The quantitative estimate of drug-likeness (QED) is 0.903. The Hall–Kier alpha value is -0.580. The Morgan fingerprint density at radius 2 is 2.29 bits per heavy atom. The van der Waals surface area contributed by atoms with Crippen molar-refractivity contribution < 1.29 is 9.84 Å². The predicted octanol–water partition coefficient (Wildman–Crippen LogP) is 2.50. The van der Waals surface area contributed by atoms with Crippen LogP contribution in [0.25, 0.3) is 0 Å². The van der Waals surface area contributed by atoms with E-state index >= 15 is 0 Å². The van der Waals surface area contributed by atoms with Crippen LogP contribution in [0.1, 0.15) is 45.3 Å². The van der Waals surface area contributed by atoms with Crippen LogP contribution in [0.4, 0.5) is 0 Å². The second kappa shape index (κ2) is 4.59. The SMILES string of the molecule is CCOC1CC(O)(c2c(Cl)cnn2C(C)C)C1. The molecule has 0 radical (unpaired) electrons. The molecular weight excluding hydrogens is 240 g/mol. The van der Waals surface area contributed by atoms with Gasteiger partial charge in [0, 0.05) is 25.5 Å². The molecule has 17 heavy (non-hydrogen) atoms. The molecule has 0 aliphatic heterocycles. The highest BCUT2D eigenvalue weighted by Crippen LogP contribution is 2.45. The van der Waals surface area contributed by atoms with Gasteiger partial charge in [0.1, 0.15) is 5.60 Å². The number of rotatable bonds is 4. The number of aromatic nitrogens is 2. The molecule has 4 nitrogen and oxygen atoms in total. The molecule has 0 spiro atoms. The van der Waals surface area contributed by atoms with Gasteiger partial charge in [-0.2, -0.15) is 5.10 Å².